The van der Waals surface area contributed by atoms with E-state index in [0.717, 1.165) is 24.0 Å². The van der Waals surface area contributed by atoms with Gasteiger partial charge in [0, 0.05) is 37.3 Å². The molecular formula is C22H33FN8O2. The molecule has 2 aliphatic heterocycles. The van der Waals surface area contributed by atoms with E-state index in [0.29, 0.717) is 24.7 Å². The summed E-state index contributed by atoms with van der Waals surface area (Å²) >= 11 is 0. The molecule has 0 radical (unpaired) electrons. The third-order valence-electron chi connectivity index (χ3n) is 6.91. The van der Waals surface area contributed by atoms with E-state index in [2.05, 4.69) is 58.2 Å². The Labute approximate surface area is 193 Å². The zero-order chi connectivity index (χ0) is 24.1. The molecule has 1 fully saturated rings. The van der Waals surface area contributed by atoms with Crippen molar-refractivity contribution in [3.8, 4) is 0 Å². The Morgan fingerprint density at radius 3 is 2.76 bits per heavy atom. The molecule has 2 aromatic heterocycles. The van der Waals surface area contributed by atoms with Crippen LogP contribution in [0.25, 0.3) is 0 Å². The molecule has 2 aromatic rings. The highest BCUT2D eigenvalue weighted by atomic mass is 19.1. The first-order chi connectivity index (χ1) is 15.5. The van der Waals surface area contributed by atoms with E-state index in [9.17, 15) is 9.18 Å². The fourth-order valence-electron chi connectivity index (χ4n) is 4.57. The molecule has 0 bridgehead atoms. The summed E-state index contributed by atoms with van der Waals surface area (Å²) in [6.07, 6.45) is 1.10. The molecule has 180 valence electrons. The Kier molecular flexibility index (Phi) is 5.81. The minimum atomic E-state index is -0.599. The maximum absolute atomic E-state index is 14.4. The molecule has 2 N–H and O–H groups in total. The van der Waals surface area contributed by atoms with Gasteiger partial charge in [-0.3, -0.25) is 10.00 Å². The number of hydrogen-bond acceptors (Lipinski definition) is 7. The molecule has 0 spiro atoms. The quantitative estimate of drug-likeness (QED) is 0.723. The van der Waals surface area contributed by atoms with E-state index in [-0.39, 0.29) is 30.0 Å². The van der Waals surface area contributed by atoms with Crippen LogP contribution in [0.4, 0.5) is 20.8 Å². The van der Waals surface area contributed by atoms with Crippen molar-refractivity contribution in [3.63, 3.8) is 0 Å². The van der Waals surface area contributed by atoms with Crippen molar-refractivity contribution in [2.75, 3.05) is 32.6 Å². The molecule has 0 unspecified atom stereocenters. The molecule has 2 amide bonds. The van der Waals surface area contributed by atoms with Crippen LogP contribution in [-0.2, 0) is 23.4 Å². The van der Waals surface area contributed by atoms with Crippen LogP contribution in [0.2, 0.25) is 0 Å². The zero-order valence-corrected chi connectivity index (χ0v) is 20.4. The predicted molar refractivity (Wildman–Crippen MR) is 121 cm³/mol. The minimum Gasteiger partial charge on any atom is -0.377 e. The first kappa shape index (κ1) is 23.4. The highest BCUT2D eigenvalue weighted by molar-refractivity contribution is 5.78. The van der Waals surface area contributed by atoms with Crippen molar-refractivity contribution in [2.24, 2.45) is 0 Å². The summed E-state index contributed by atoms with van der Waals surface area (Å²) in [6, 6.07) is 0.0788. The number of fused-ring (bicyclic) bond motifs is 1. The molecule has 1 saturated heterocycles. The van der Waals surface area contributed by atoms with Gasteiger partial charge in [0.05, 0.1) is 24.0 Å². The molecular weight excluding hydrogens is 427 g/mol. The number of piperazine rings is 1. The number of aromatic nitrogens is 4. The average molecular weight is 461 g/mol. The third-order valence-corrected chi connectivity index (χ3v) is 6.91. The van der Waals surface area contributed by atoms with Gasteiger partial charge in [-0.15, -0.1) is 0 Å². The number of amides is 2. The van der Waals surface area contributed by atoms with Gasteiger partial charge in [0.25, 0.3) is 0 Å². The van der Waals surface area contributed by atoms with Crippen LogP contribution in [0.1, 0.15) is 51.7 Å². The second-order valence-electron chi connectivity index (χ2n) is 10.1. The van der Waals surface area contributed by atoms with Crippen molar-refractivity contribution in [2.45, 2.75) is 64.9 Å². The first-order valence-corrected chi connectivity index (χ1v) is 11.1. The number of halogens is 1. The number of carbonyl (C=O) groups is 1. The molecule has 11 heteroatoms. The highest BCUT2D eigenvalue weighted by Gasteiger charge is 2.47. The second kappa shape index (κ2) is 8.21. The lowest BCUT2D eigenvalue weighted by Gasteiger charge is -2.50. The molecule has 33 heavy (non-hydrogen) atoms. The van der Waals surface area contributed by atoms with E-state index >= 15 is 0 Å². The van der Waals surface area contributed by atoms with Crippen molar-refractivity contribution in [3.05, 3.63) is 29.1 Å². The molecule has 0 saturated carbocycles. The SMILES string of the molecule is COCc1ncc(F)c(Nc2n[nH]c3c2CN(C(=O)N2CC(C)(C)N(C)C[C@@H]2C)C3(C)C)n1. The molecule has 4 rings (SSSR count). The average Bonchev–Trinajstić information content (AvgIpc) is 3.25. The zero-order valence-electron chi connectivity index (χ0n) is 20.4. The summed E-state index contributed by atoms with van der Waals surface area (Å²) in [5, 5.41) is 10.4. The van der Waals surface area contributed by atoms with Crippen molar-refractivity contribution in [1.29, 1.82) is 0 Å². The maximum atomic E-state index is 14.4. The fourth-order valence-corrected chi connectivity index (χ4v) is 4.57. The Hall–Kier alpha value is -2.79. The standard InChI is InChI=1S/C22H33FN8O2/c1-13-9-29(6)21(2,3)12-30(13)20(32)31-10-14-17(22(31,4)5)27-28-18(14)26-19-15(23)8-24-16(25-19)11-33-7/h8,13H,9-12H2,1-7H3,(H2,24,25,26,27,28)/t13-/m0/s1. The maximum Gasteiger partial charge on any atom is 0.321 e. The van der Waals surface area contributed by atoms with Gasteiger partial charge in [0.15, 0.2) is 23.3 Å². The third kappa shape index (κ3) is 4.04. The fraction of sp³-hybridized carbons (Fsp3) is 0.636. The number of aromatic amines is 1. The van der Waals surface area contributed by atoms with E-state index in [1.807, 2.05) is 23.6 Å². The van der Waals surface area contributed by atoms with Crippen molar-refractivity contribution in [1.82, 2.24) is 34.9 Å². The van der Waals surface area contributed by atoms with Gasteiger partial charge in [0.1, 0.15) is 6.61 Å². The van der Waals surface area contributed by atoms with Gasteiger partial charge < -0.3 is 19.9 Å². The van der Waals surface area contributed by atoms with Crippen LogP contribution in [0.15, 0.2) is 6.20 Å². The van der Waals surface area contributed by atoms with Crippen LogP contribution in [0.5, 0.6) is 0 Å². The minimum absolute atomic E-state index is 0.0141. The van der Waals surface area contributed by atoms with Crippen LogP contribution in [0, 0.1) is 5.82 Å². The summed E-state index contributed by atoms with van der Waals surface area (Å²) < 4.78 is 19.4. The Bertz CT molecular complexity index is 1050. The summed E-state index contributed by atoms with van der Waals surface area (Å²) in [7, 11) is 3.62. The molecule has 2 aliphatic rings. The first-order valence-electron chi connectivity index (χ1n) is 11.1. The molecule has 1 atom stereocenters. The predicted octanol–water partition coefficient (Wildman–Crippen LogP) is 2.81. The van der Waals surface area contributed by atoms with Crippen LogP contribution >= 0.6 is 0 Å². The number of urea groups is 1. The van der Waals surface area contributed by atoms with Gasteiger partial charge in [-0.2, -0.15) is 5.10 Å². The monoisotopic (exact) mass is 460 g/mol. The van der Waals surface area contributed by atoms with Gasteiger partial charge in [-0.25, -0.2) is 19.2 Å². The van der Waals surface area contributed by atoms with Crippen molar-refractivity contribution < 1.29 is 13.9 Å². The van der Waals surface area contributed by atoms with Gasteiger partial charge >= 0.3 is 6.03 Å². The van der Waals surface area contributed by atoms with Crippen LogP contribution in [0.3, 0.4) is 0 Å². The molecule has 0 aliphatic carbocycles. The number of methoxy groups -OCH3 is 1. The van der Waals surface area contributed by atoms with Gasteiger partial charge in [0.2, 0.25) is 0 Å². The van der Waals surface area contributed by atoms with E-state index in [1.165, 1.54) is 7.11 Å². The number of H-pyrrole nitrogens is 1. The summed E-state index contributed by atoms with van der Waals surface area (Å²) in [6.45, 7) is 12.3. The van der Waals surface area contributed by atoms with Gasteiger partial charge in [-0.05, 0) is 41.7 Å². The number of carbonyl (C=O) groups excluding carboxylic acids is 1. The lowest BCUT2D eigenvalue weighted by molar-refractivity contribution is 0.00695. The highest BCUT2D eigenvalue weighted by Crippen LogP contribution is 2.42. The number of nitrogens with one attached hydrogen (secondary N) is 2. The number of likely N-dealkylation sites (N-methyl/N-ethyl adjacent to an activating group) is 1. The van der Waals surface area contributed by atoms with E-state index < -0.39 is 11.4 Å². The topological polar surface area (TPSA) is 103 Å². The van der Waals surface area contributed by atoms with E-state index in [1.54, 1.807) is 0 Å². The van der Waals surface area contributed by atoms with Crippen LogP contribution < -0.4 is 5.32 Å². The lowest BCUT2D eigenvalue weighted by Crippen LogP contribution is -2.65. The molecule has 4 heterocycles. The van der Waals surface area contributed by atoms with Crippen LogP contribution in [-0.4, -0.2) is 79.7 Å². The Morgan fingerprint density at radius 1 is 1.33 bits per heavy atom. The normalized spacial score (nSPS) is 21.9. The smallest absolute Gasteiger partial charge is 0.321 e. The number of nitrogens with zero attached hydrogens (tertiary/aromatic N) is 6. The van der Waals surface area contributed by atoms with Gasteiger partial charge in [-0.1, -0.05) is 0 Å². The molecule has 0 aromatic carbocycles. The Balaban J connectivity index is 1.59. The van der Waals surface area contributed by atoms with Crippen molar-refractivity contribution >= 4 is 17.7 Å². The lowest BCUT2D eigenvalue weighted by atomic mass is 9.96. The molecule has 10 nitrogen and oxygen atoms in total. The number of anilines is 2. The summed E-state index contributed by atoms with van der Waals surface area (Å²) in [5.41, 5.74) is 0.934. The van der Waals surface area contributed by atoms with E-state index in [4.69, 9.17) is 4.74 Å². The second-order valence-corrected chi connectivity index (χ2v) is 10.1. The number of rotatable bonds is 4. The summed E-state index contributed by atoms with van der Waals surface area (Å²) in [5.74, 6) is 0.229. The number of ether oxygens (including phenoxy) is 1. The Morgan fingerprint density at radius 2 is 2.06 bits per heavy atom. The summed E-state index contributed by atoms with van der Waals surface area (Å²) in [4.78, 5) is 27.9. The number of hydrogen-bond donors (Lipinski definition) is 2. The largest absolute Gasteiger partial charge is 0.377 e.